The number of carbonyl (C=O) groups is 1. The van der Waals surface area contributed by atoms with Crippen molar-refractivity contribution in [1.29, 1.82) is 0 Å². The summed E-state index contributed by atoms with van der Waals surface area (Å²) in [4.78, 5) is 17.1. The molecule has 7 nitrogen and oxygen atoms in total. The molecule has 29 heavy (non-hydrogen) atoms. The molecule has 2 aromatic rings. The standard InChI is InChI=1S/C19H29FN6OS2/c1-12(2)17-15(9-13(3)28-17)22-19(27)23-29-26(14-7-6-8-24(4)11-14)16-10-21-25(5)18(16)20/h9-10,12,14H,6-8,11H2,1-5H3,(H2,22,23,27). The predicted molar refractivity (Wildman–Crippen MR) is 119 cm³/mol. The summed E-state index contributed by atoms with van der Waals surface area (Å²) in [6, 6.07) is 1.74. The maximum absolute atomic E-state index is 14.6. The van der Waals surface area contributed by atoms with Crippen molar-refractivity contribution in [3.05, 3.63) is 28.0 Å². The Morgan fingerprint density at radius 3 is 2.83 bits per heavy atom. The molecule has 10 heteroatoms. The van der Waals surface area contributed by atoms with Gasteiger partial charge in [-0.3, -0.25) is 9.03 Å². The fourth-order valence-electron chi connectivity index (χ4n) is 3.51. The molecule has 2 N–H and O–H groups in total. The first-order chi connectivity index (χ1) is 13.8. The Bertz CT molecular complexity index is 852. The fraction of sp³-hybridized carbons (Fsp3) is 0.579. The van der Waals surface area contributed by atoms with E-state index in [1.54, 1.807) is 18.4 Å². The van der Waals surface area contributed by atoms with E-state index in [9.17, 15) is 9.18 Å². The van der Waals surface area contributed by atoms with Crippen LogP contribution >= 0.6 is 23.5 Å². The smallest absolute Gasteiger partial charge is 0.306 e. The van der Waals surface area contributed by atoms with E-state index in [1.807, 2.05) is 17.3 Å². The number of likely N-dealkylation sites (tertiary alicyclic amines) is 1. The molecule has 3 rings (SSSR count). The molecule has 160 valence electrons. The van der Waals surface area contributed by atoms with Crippen LogP contribution in [0, 0.1) is 12.9 Å². The molecule has 0 bridgehead atoms. The Labute approximate surface area is 179 Å². The zero-order valence-electron chi connectivity index (χ0n) is 17.5. The lowest BCUT2D eigenvalue weighted by atomic mass is 10.1. The van der Waals surface area contributed by atoms with Crippen molar-refractivity contribution in [2.45, 2.75) is 45.6 Å². The molecule has 0 aliphatic carbocycles. The molecule has 0 aromatic carbocycles. The van der Waals surface area contributed by atoms with Gasteiger partial charge in [-0.1, -0.05) is 13.8 Å². The second-order valence-corrected chi connectivity index (χ2v) is 9.83. The van der Waals surface area contributed by atoms with E-state index >= 15 is 0 Å². The summed E-state index contributed by atoms with van der Waals surface area (Å²) < 4.78 is 20.5. The largest absolute Gasteiger partial charge is 0.330 e. The number of aromatic nitrogens is 2. The van der Waals surface area contributed by atoms with Crippen LogP contribution in [0.1, 0.15) is 42.4 Å². The summed E-state index contributed by atoms with van der Waals surface area (Å²) in [6.07, 6.45) is 3.46. The third kappa shape index (κ3) is 5.23. The lowest BCUT2D eigenvalue weighted by Gasteiger charge is -2.37. The lowest BCUT2D eigenvalue weighted by Crippen LogP contribution is -2.45. The number of nitrogens with zero attached hydrogens (tertiary/aromatic N) is 4. The first-order valence-corrected chi connectivity index (χ1v) is 11.3. The van der Waals surface area contributed by atoms with Crippen LogP contribution in [0.3, 0.4) is 0 Å². The molecule has 0 radical (unpaired) electrons. The molecule has 1 saturated heterocycles. The van der Waals surface area contributed by atoms with Gasteiger partial charge in [0.05, 0.1) is 30.1 Å². The maximum Gasteiger partial charge on any atom is 0.330 e. The summed E-state index contributed by atoms with van der Waals surface area (Å²) in [6.45, 7) is 8.06. The van der Waals surface area contributed by atoms with Gasteiger partial charge in [0.1, 0.15) is 5.69 Å². The Balaban J connectivity index is 1.71. The van der Waals surface area contributed by atoms with Crippen molar-refractivity contribution in [2.75, 3.05) is 29.8 Å². The number of thiophene rings is 1. The van der Waals surface area contributed by atoms with Crippen LogP contribution in [0.5, 0.6) is 0 Å². The summed E-state index contributed by atoms with van der Waals surface area (Å²) in [5, 5.41) is 6.96. The Morgan fingerprint density at radius 1 is 1.45 bits per heavy atom. The van der Waals surface area contributed by atoms with E-state index in [0.717, 1.165) is 53.5 Å². The summed E-state index contributed by atoms with van der Waals surface area (Å²) in [7, 11) is 3.63. The van der Waals surface area contributed by atoms with Crippen LogP contribution in [-0.4, -0.2) is 46.9 Å². The second-order valence-electron chi connectivity index (χ2n) is 7.77. The van der Waals surface area contributed by atoms with Gasteiger partial charge < -0.3 is 10.2 Å². The number of rotatable bonds is 6. The Hall–Kier alpha value is -1.78. The second kappa shape index (κ2) is 9.36. The van der Waals surface area contributed by atoms with Crippen molar-refractivity contribution in [2.24, 2.45) is 7.05 Å². The number of amides is 2. The minimum Gasteiger partial charge on any atom is -0.306 e. The summed E-state index contributed by atoms with van der Waals surface area (Å²) in [5.74, 6) is -0.0843. The zero-order valence-corrected chi connectivity index (χ0v) is 19.2. The van der Waals surface area contributed by atoms with E-state index in [1.165, 1.54) is 10.9 Å². The van der Waals surface area contributed by atoms with E-state index in [2.05, 4.69) is 40.9 Å². The number of urea groups is 1. The fourth-order valence-corrected chi connectivity index (χ4v) is 5.26. The van der Waals surface area contributed by atoms with Gasteiger partial charge in [-0.05, 0) is 45.3 Å². The number of hydrogen-bond acceptors (Lipinski definition) is 6. The molecular formula is C19H29FN6OS2. The maximum atomic E-state index is 14.6. The Morgan fingerprint density at radius 2 is 2.21 bits per heavy atom. The molecule has 1 unspecified atom stereocenters. The van der Waals surface area contributed by atoms with Crippen LogP contribution in [-0.2, 0) is 7.05 Å². The van der Waals surface area contributed by atoms with Crippen LogP contribution in [0.4, 0.5) is 20.6 Å². The summed E-state index contributed by atoms with van der Waals surface area (Å²) in [5.41, 5.74) is 1.21. The quantitative estimate of drug-likeness (QED) is 0.654. The number of aryl methyl sites for hydroxylation is 2. The highest BCUT2D eigenvalue weighted by Crippen LogP contribution is 2.33. The lowest BCUT2D eigenvalue weighted by molar-refractivity contribution is 0.253. The molecule has 2 amide bonds. The normalized spacial score (nSPS) is 17.6. The molecule has 1 fully saturated rings. The van der Waals surface area contributed by atoms with Gasteiger partial charge in [0.15, 0.2) is 0 Å². The number of halogens is 1. The topological polar surface area (TPSA) is 65.4 Å². The van der Waals surface area contributed by atoms with Crippen molar-refractivity contribution < 1.29 is 9.18 Å². The van der Waals surface area contributed by atoms with E-state index in [4.69, 9.17) is 0 Å². The SMILES string of the molecule is Cc1cc(NC(=O)NSN(c2cnn(C)c2F)C2CCCN(C)C2)c(C(C)C)s1. The van der Waals surface area contributed by atoms with E-state index in [0.29, 0.717) is 11.6 Å². The molecular weight excluding hydrogens is 411 g/mol. The summed E-state index contributed by atoms with van der Waals surface area (Å²) >= 11 is 2.80. The van der Waals surface area contributed by atoms with Gasteiger partial charge in [0, 0.05) is 23.3 Å². The molecule has 1 aliphatic heterocycles. The first-order valence-electron chi connectivity index (χ1n) is 9.75. The zero-order chi connectivity index (χ0) is 21.1. The van der Waals surface area contributed by atoms with Crippen molar-refractivity contribution >= 4 is 40.9 Å². The molecule has 1 aliphatic rings. The minimum atomic E-state index is -0.413. The number of nitrogens with one attached hydrogen (secondary N) is 2. The van der Waals surface area contributed by atoms with Gasteiger partial charge in [-0.2, -0.15) is 9.49 Å². The number of anilines is 2. The predicted octanol–water partition coefficient (Wildman–Crippen LogP) is 4.34. The average Bonchev–Trinajstić information content (AvgIpc) is 3.18. The molecule has 2 aromatic heterocycles. The van der Waals surface area contributed by atoms with Crippen LogP contribution in [0.15, 0.2) is 12.3 Å². The van der Waals surface area contributed by atoms with Gasteiger partial charge >= 0.3 is 6.03 Å². The number of carbonyl (C=O) groups excluding carboxylic acids is 1. The van der Waals surface area contributed by atoms with Crippen LogP contribution in [0.25, 0.3) is 0 Å². The van der Waals surface area contributed by atoms with Gasteiger partial charge in [0.2, 0.25) is 5.95 Å². The van der Waals surface area contributed by atoms with Crippen LogP contribution in [0.2, 0.25) is 0 Å². The minimum absolute atomic E-state index is 0.0763. The number of hydrogen-bond donors (Lipinski definition) is 2. The molecule has 0 saturated carbocycles. The monoisotopic (exact) mass is 440 g/mol. The van der Waals surface area contributed by atoms with Crippen molar-refractivity contribution in [3.8, 4) is 0 Å². The van der Waals surface area contributed by atoms with Crippen molar-refractivity contribution in [3.63, 3.8) is 0 Å². The van der Waals surface area contributed by atoms with E-state index in [-0.39, 0.29) is 12.1 Å². The highest BCUT2D eigenvalue weighted by molar-refractivity contribution is 7.99. The molecule has 0 spiro atoms. The third-order valence-electron chi connectivity index (χ3n) is 4.91. The average molecular weight is 441 g/mol. The number of likely N-dealkylation sites (N-methyl/N-ethyl adjacent to an activating group) is 1. The van der Waals surface area contributed by atoms with Gasteiger partial charge in [0.25, 0.3) is 0 Å². The highest BCUT2D eigenvalue weighted by atomic mass is 32.2. The van der Waals surface area contributed by atoms with Crippen LogP contribution < -0.4 is 14.3 Å². The van der Waals surface area contributed by atoms with E-state index < -0.39 is 5.95 Å². The third-order valence-corrected chi connectivity index (χ3v) is 7.23. The van der Waals surface area contributed by atoms with Crippen molar-refractivity contribution in [1.82, 2.24) is 19.4 Å². The highest BCUT2D eigenvalue weighted by Gasteiger charge is 2.29. The first kappa shape index (κ1) is 21.9. The number of piperidine rings is 1. The molecule has 3 heterocycles. The Kier molecular flexibility index (Phi) is 7.07. The van der Waals surface area contributed by atoms with Gasteiger partial charge in [-0.25, -0.2) is 9.48 Å². The van der Waals surface area contributed by atoms with Gasteiger partial charge in [-0.15, -0.1) is 11.3 Å². The molecule has 1 atom stereocenters.